The molecule has 0 aromatic heterocycles. The minimum absolute atomic E-state index is 0.115. The number of phenols is 1. The molecule has 2 N–H and O–H groups in total. The Morgan fingerprint density at radius 1 is 1.32 bits per heavy atom. The molecule has 1 heterocycles. The molecule has 1 aliphatic rings. The summed E-state index contributed by atoms with van der Waals surface area (Å²) in [7, 11) is 0. The maximum atomic E-state index is 12.6. The molecule has 1 fully saturated rings. The van der Waals surface area contributed by atoms with Gasteiger partial charge in [-0.25, -0.2) is 0 Å². The second-order valence-corrected chi connectivity index (χ2v) is 7.32. The highest BCUT2D eigenvalue weighted by atomic mass is 16.3. The van der Waals surface area contributed by atoms with Gasteiger partial charge >= 0.3 is 0 Å². The number of aromatic hydroxyl groups is 1. The minimum Gasteiger partial charge on any atom is -0.508 e. The topological polar surface area (TPSA) is 64.0 Å². The summed E-state index contributed by atoms with van der Waals surface area (Å²) in [5.74, 6) is 0.682. The lowest BCUT2D eigenvalue weighted by atomic mass is 9.92. The van der Waals surface area contributed by atoms with Crippen molar-refractivity contribution in [2.24, 2.45) is 5.92 Å². The molecule has 1 aromatic carbocycles. The molecule has 5 nitrogen and oxygen atoms in total. The van der Waals surface area contributed by atoms with E-state index >= 15 is 0 Å². The van der Waals surface area contributed by atoms with Crippen molar-refractivity contribution in [1.82, 2.24) is 9.80 Å². The molecule has 1 amide bonds. The number of carbonyl (C=O) groups excluding carboxylic acids is 1. The number of hydrogen-bond acceptors (Lipinski definition) is 4. The molecule has 0 radical (unpaired) electrons. The first-order chi connectivity index (χ1) is 11.9. The normalized spacial score (nSPS) is 17.6. The van der Waals surface area contributed by atoms with E-state index in [0.717, 1.165) is 25.9 Å². The van der Waals surface area contributed by atoms with Gasteiger partial charge in [-0.3, -0.25) is 4.79 Å². The Morgan fingerprint density at radius 2 is 2.00 bits per heavy atom. The van der Waals surface area contributed by atoms with E-state index in [1.54, 1.807) is 29.2 Å². The molecule has 1 aliphatic heterocycles. The molecule has 1 saturated heterocycles. The standard InChI is InChI=1S/C20H32N2O3/c1-4-21(14-19(24)17-6-5-7-18(23)13-17)20(25)12-16-8-10-22(11-9-16)15(2)3/h5-7,13,15-16,19,23-24H,4,8-12,14H2,1-3H3/t19-/m1/s1. The Bertz CT molecular complexity index is 554. The number of phenolic OH excluding ortho intramolecular Hbond substituents is 1. The van der Waals surface area contributed by atoms with E-state index in [-0.39, 0.29) is 18.2 Å². The van der Waals surface area contributed by atoms with E-state index in [9.17, 15) is 15.0 Å². The molecule has 0 bridgehead atoms. The van der Waals surface area contributed by atoms with Crippen LogP contribution in [0.25, 0.3) is 0 Å². The number of aliphatic hydroxyl groups excluding tert-OH is 1. The average molecular weight is 348 g/mol. The Morgan fingerprint density at radius 3 is 2.56 bits per heavy atom. The van der Waals surface area contributed by atoms with E-state index in [1.807, 2.05) is 6.92 Å². The van der Waals surface area contributed by atoms with Crippen LogP contribution < -0.4 is 0 Å². The van der Waals surface area contributed by atoms with Crippen LogP contribution in [0.2, 0.25) is 0 Å². The van der Waals surface area contributed by atoms with Crippen LogP contribution in [0.3, 0.4) is 0 Å². The van der Waals surface area contributed by atoms with Crippen LogP contribution in [-0.4, -0.2) is 58.1 Å². The van der Waals surface area contributed by atoms with Gasteiger partial charge in [-0.2, -0.15) is 0 Å². The molecular weight excluding hydrogens is 316 g/mol. The van der Waals surface area contributed by atoms with Crippen LogP contribution in [-0.2, 0) is 4.79 Å². The predicted octanol–water partition coefficient (Wildman–Crippen LogP) is 2.78. The molecule has 140 valence electrons. The molecule has 0 spiro atoms. The highest BCUT2D eigenvalue weighted by Crippen LogP contribution is 2.24. The van der Waals surface area contributed by atoms with Gasteiger partial charge in [0.1, 0.15) is 5.75 Å². The van der Waals surface area contributed by atoms with Crippen LogP contribution >= 0.6 is 0 Å². The Hall–Kier alpha value is -1.59. The number of amides is 1. The van der Waals surface area contributed by atoms with Gasteiger partial charge in [-0.05, 0) is 70.3 Å². The first-order valence-electron chi connectivity index (χ1n) is 9.39. The zero-order chi connectivity index (χ0) is 18.4. The lowest BCUT2D eigenvalue weighted by Gasteiger charge is -2.35. The smallest absolute Gasteiger partial charge is 0.222 e. The summed E-state index contributed by atoms with van der Waals surface area (Å²) in [6.07, 6.45) is 1.92. The van der Waals surface area contributed by atoms with Crippen molar-refractivity contribution in [1.29, 1.82) is 0 Å². The van der Waals surface area contributed by atoms with E-state index in [1.165, 1.54) is 0 Å². The molecule has 1 atom stereocenters. The summed E-state index contributed by atoms with van der Waals surface area (Å²) in [5, 5.41) is 19.9. The predicted molar refractivity (Wildman–Crippen MR) is 99.4 cm³/mol. The number of piperidine rings is 1. The third-order valence-electron chi connectivity index (χ3n) is 5.23. The van der Waals surface area contributed by atoms with E-state index in [0.29, 0.717) is 30.5 Å². The van der Waals surface area contributed by atoms with Crippen LogP contribution in [0.15, 0.2) is 24.3 Å². The van der Waals surface area contributed by atoms with Gasteiger partial charge < -0.3 is 20.0 Å². The fourth-order valence-corrected chi connectivity index (χ4v) is 3.50. The number of carbonyl (C=O) groups is 1. The Balaban J connectivity index is 1.86. The first-order valence-corrected chi connectivity index (χ1v) is 9.39. The number of rotatable bonds is 7. The molecule has 0 saturated carbocycles. The van der Waals surface area contributed by atoms with Crippen molar-refractivity contribution >= 4 is 5.91 Å². The van der Waals surface area contributed by atoms with Gasteiger partial charge in [-0.1, -0.05) is 12.1 Å². The fourth-order valence-electron chi connectivity index (χ4n) is 3.50. The van der Waals surface area contributed by atoms with Crippen molar-refractivity contribution in [3.05, 3.63) is 29.8 Å². The van der Waals surface area contributed by atoms with Gasteiger partial charge in [0.25, 0.3) is 0 Å². The lowest BCUT2D eigenvalue weighted by Crippen LogP contribution is -2.41. The van der Waals surface area contributed by atoms with Gasteiger partial charge in [0.2, 0.25) is 5.91 Å². The zero-order valence-electron chi connectivity index (χ0n) is 15.7. The van der Waals surface area contributed by atoms with Gasteiger partial charge in [0, 0.05) is 19.0 Å². The van der Waals surface area contributed by atoms with Crippen LogP contribution in [0.5, 0.6) is 5.75 Å². The molecule has 0 unspecified atom stereocenters. The van der Waals surface area contributed by atoms with E-state index in [2.05, 4.69) is 18.7 Å². The summed E-state index contributed by atoms with van der Waals surface area (Å²) in [6, 6.07) is 7.16. The molecule has 2 rings (SSSR count). The molecular formula is C20H32N2O3. The summed E-state index contributed by atoms with van der Waals surface area (Å²) in [6.45, 7) is 9.35. The van der Waals surface area contributed by atoms with Gasteiger partial charge in [-0.15, -0.1) is 0 Å². The van der Waals surface area contributed by atoms with Crippen molar-refractivity contribution in [3.63, 3.8) is 0 Å². The largest absolute Gasteiger partial charge is 0.508 e. The van der Waals surface area contributed by atoms with Crippen LogP contribution in [0.4, 0.5) is 0 Å². The Kier molecular flexibility index (Phi) is 7.26. The first kappa shape index (κ1) is 19.7. The summed E-state index contributed by atoms with van der Waals surface area (Å²) in [5.41, 5.74) is 0.636. The second kappa shape index (κ2) is 9.20. The number of hydrogen-bond donors (Lipinski definition) is 2. The maximum absolute atomic E-state index is 12.6. The van der Waals surface area contributed by atoms with Gasteiger partial charge in [0.05, 0.1) is 12.6 Å². The number of likely N-dealkylation sites (tertiary alicyclic amines) is 1. The van der Waals surface area contributed by atoms with E-state index < -0.39 is 6.10 Å². The van der Waals surface area contributed by atoms with Gasteiger partial charge in [0.15, 0.2) is 0 Å². The zero-order valence-corrected chi connectivity index (χ0v) is 15.7. The number of likely N-dealkylation sites (N-methyl/N-ethyl adjacent to an activating group) is 1. The quantitative estimate of drug-likeness (QED) is 0.795. The van der Waals surface area contributed by atoms with Crippen molar-refractivity contribution in [3.8, 4) is 5.75 Å². The summed E-state index contributed by atoms with van der Waals surface area (Å²) >= 11 is 0. The minimum atomic E-state index is -0.779. The monoisotopic (exact) mass is 348 g/mol. The van der Waals surface area contributed by atoms with Crippen molar-refractivity contribution in [2.75, 3.05) is 26.2 Å². The number of nitrogens with zero attached hydrogens (tertiary/aromatic N) is 2. The molecule has 5 heteroatoms. The highest BCUT2D eigenvalue weighted by Gasteiger charge is 2.25. The van der Waals surface area contributed by atoms with E-state index in [4.69, 9.17) is 0 Å². The number of benzene rings is 1. The molecule has 1 aromatic rings. The second-order valence-electron chi connectivity index (χ2n) is 7.32. The highest BCUT2D eigenvalue weighted by molar-refractivity contribution is 5.76. The van der Waals surface area contributed by atoms with Crippen LogP contribution in [0, 0.1) is 5.92 Å². The molecule has 25 heavy (non-hydrogen) atoms. The lowest BCUT2D eigenvalue weighted by molar-refractivity contribution is -0.133. The van der Waals surface area contributed by atoms with Crippen LogP contribution in [0.1, 0.15) is 51.7 Å². The third-order valence-corrected chi connectivity index (χ3v) is 5.23. The Labute approximate surface area is 151 Å². The SMILES string of the molecule is CCN(C[C@@H](O)c1cccc(O)c1)C(=O)CC1CCN(C(C)C)CC1. The average Bonchev–Trinajstić information content (AvgIpc) is 2.59. The third kappa shape index (κ3) is 5.72. The number of aliphatic hydroxyl groups is 1. The molecule has 0 aliphatic carbocycles. The summed E-state index contributed by atoms with van der Waals surface area (Å²) < 4.78 is 0. The maximum Gasteiger partial charge on any atom is 0.222 e. The summed E-state index contributed by atoms with van der Waals surface area (Å²) in [4.78, 5) is 16.8. The van der Waals surface area contributed by atoms with Crippen molar-refractivity contribution in [2.45, 2.75) is 52.2 Å². The fraction of sp³-hybridized carbons (Fsp3) is 0.650. The van der Waals surface area contributed by atoms with Crippen molar-refractivity contribution < 1.29 is 15.0 Å².